The summed E-state index contributed by atoms with van der Waals surface area (Å²) in [4.78, 5) is 9.92. The molecule has 1 aliphatic rings. The second kappa shape index (κ2) is 3.27. The fraction of sp³-hybridized carbons (Fsp3) is 0.500. The summed E-state index contributed by atoms with van der Waals surface area (Å²) in [5.74, 6) is 0. The van der Waals surface area contributed by atoms with E-state index in [4.69, 9.17) is 11.5 Å². The summed E-state index contributed by atoms with van der Waals surface area (Å²) in [5.41, 5.74) is 11.0. The molecule has 1 aliphatic carbocycles. The molecule has 0 saturated heterocycles. The summed E-state index contributed by atoms with van der Waals surface area (Å²) < 4.78 is 0. The fourth-order valence-corrected chi connectivity index (χ4v) is 1.22. The molecule has 0 fully saturated rings. The summed E-state index contributed by atoms with van der Waals surface area (Å²) in [7, 11) is 0. The lowest BCUT2D eigenvalue weighted by Crippen LogP contribution is -2.53. The van der Waals surface area contributed by atoms with Crippen molar-refractivity contribution in [3.63, 3.8) is 0 Å². The van der Waals surface area contributed by atoms with Crippen LogP contribution in [-0.2, 0) is 0 Å². The zero-order valence-electron chi connectivity index (χ0n) is 7.43. The first-order valence-electron chi connectivity index (χ1n) is 4.09. The van der Waals surface area contributed by atoms with Gasteiger partial charge in [0.05, 0.1) is 16.5 Å². The Morgan fingerprint density at radius 2 is 2.38 bits per heavy atom. The van der Waals surface area contributed by atoms with Crippen molar-refractivity contribution in [1.82, 2.24) is 0 Å². The minimum absolute atomic E-state index is 0.0158. The number of rotatable bonds is 2. The highest BCUT2D eigenvalue weighted by Gasteiger charge is 2.31. The second-order valence-corrected chi connectivity index (χ2v) is 3.17. The lowest BCUT2D eigenvalue weighted by Gasteiger charge is -2.30. The van der Waals surface area contributed by atoms with Gasteiger partial charge in [0.1, 0.15) is 0 Å². The van der Waals surface area contributed by atoms with Crippen molar-refractivity contribution in [3.05, 3.63) is 34.0 Å². The van der Waals surface area contributed by atoms with Crippen LogP contribution in [0.5, 0.6) is 0 Å². The second-order valence-electron chi connectivity index (χ2n) is 3.17. The molecule has 4 N–H and O–H groups in total. The van der Waals surface area contributed by atoms with E-state index < -0.39 is 16.5 Å². The van der Waals surface area contributed by atoms with Gasteiger partial charge in [-0.1, -0.05) is 13.0 Å². The molecule has 0 bridgehead atoms. The van der Waals surface area contributed by atoms with Crippen molar-refractivity contribution < 1.29 is 4.92 Å². The van der Waals surface area contributed by atoms with Gasteiger partial charge in [-0.25, -0.2) is 0 Å². The van der Waals surface area contributed by atoms with E-state index in [1.54, 1.807) is 6.08 Å². The van der Waals surface area contributed by atoms with E-state index in [2.05, 4.69) is 0 Å². The van der Waals surface area contributed by atoms with Crippen molar-refractivity contribution in [1.29, 1.82) is 0 Å². The van der Waals surface area contributed by atoms with Gasteiger partial charge in [0.25, 0.3) is 5.70 Å². The Kier molecular flexibility index (Phi) is 2.49. The molecule has 2 unspecified atom stereocenters. The number of nitrogens with two attached hydrogens (primary N) is 2. The average molecular weight is 183 g/mol. The van der Waals surface area contributed by atoms with Crippen molar-refractivity contribution in [2.75, 3.05) is 0 Å². The Labute approximate surface area is 76.2 Å². The third kappa shape index (κ3) is 1.76. The molecule has 0 spiro atoms. The SMILES string of the molecule is CCC1(N)C=CC([N+](=O)[O-])=CC1N. The van der Waals surface area contributed by atoms with E-state index in [-0.39, 0.29) is 5.70 Å². The van der Waals surface area contributed by atoms with Gasteiger partial charge in [-0.15, -0.1) is 0 Å². The Balaban J connectivity index is 2.91. The molecule has 0 amide bonds. The summed E-state index contributed by atoms with van der Waals surface area (Å²) in [6, 6.07) is -0.483. The van der Waals surface area contributed by atoms with Crippen LogP contribution in [0.15, 0.2) is 23.9 Å². The molecule has 5 heteroatoms. The lowest BCUT2D eigenvalue weighted by atomic mass is 9.85. The highest BCUT2D eigenvalue weighted by Crippen LogP contribution is 2.20. The van der Waals surface area contributed by atoms with Gasteiger partial charge >= 0.3 is 0 Å². The normalized spacial score (nSPS) is 32.8. The Bertz CT molecular complexity index is 285. The van der Waals surface area contributed by atoms with Crippen LogP contribution in [0.4, 0.5) is 0 Å². The number of hydrogen-bond acceptors (Lipinski definition) is 4. The highest BCUT2D eigenvalue weighted by molar-refractivity contribution is 5.29. The van der Waals surface area contributed by atoms with E-state index >= 15 is 0 Å². The van der Waals surface area contributed by atoms with Crippen LogP contribution in [0.25, 0.3) is 0 Å². The molecule has 5 nitrogen and oxygen atoms in total. The first-order valence-corrected chi connectivity index (χ1v) is 4.09. The van der Waals surface area contributed by atoms with Crippen LogP contribution in [0.3, 0.4) is 0 Å². The molecule has 13 heavy (non-hydrogen) atoms. The number of allylic oxidation sites excluding steroid dienone is 1. The van der Waals surface area contributed by atoms with Crippen LogP contribution < -0.4 is 11.5 Å². The number of nitrogens with zero attached hydrogens (tertiary/aromatic N) is 1. The molecule has 72 valence electrons. The lowest BCUT2D eigenvalue weighted by molar-refractivity contribution is -0.419. The van der Waals surface area contributed by atoms with Crippen molar-refractivity contribution >= 4 is 0 Å². The standard InChI is InChI=1S/C8H13N3O2/c1-2-8(10)4-3-6(11(12)13)5-7(8)9/h3-5,7H,2,9-10H2,1H3. The average Bonchev–Trinajstić information content (AvgIpc) is 2.09. The van der Waals surface area contributed by atoms with Crippen LogP contribution >= 0.6 is 0 Å². The summed E-state index contributed by atoms with van der Waals surface area (Å²) in [6.45, 7) is 1.90. The van der Waals surface area contributed by atoms with Gasteiger partial charge in [-0.3, -0.25) is 10.1 Å². The third-order valence-corrected chi connectivity index (χ3v) is 2.36. The monoisotopic (exact) mass is 183 g/mol. The Morgan fingerprint density at radius 3 is 2.77 bits per heavy atom. The Morgan fingerprint density at radius 1 is 1.77 bits per heavy atom. The molecule has 0 aromatic rings. The zero-order valence-corrected chi connectivity index (χ0v) is 7.43. The molecule has 0 radical (unpaired) electrons. The minimum Gasteiger partial charge on any atom is -0.322 e. The number of nitro groups is 1. The van der Waals surface area contributed by atoms with Gasteiger partial charge in [-0.2, -0.15) is 0 Å². The maximum absolute atomic E-state index is 10.4. The van der Waals surface area contributed by atoms with Gasteiger partial charge in [0.2, 0.25) is 0 Å². The molecule has 0 aromatic heterocycles. The maximum atomic E-state index is 10.4. The van der Waals surface area contributed by atoms with E-state index in [1.807, 2.05) is 6.92 Å². The number of hydrogen-bond donors (Lipinski definition) is 2. The zero-order chi connectivity index (χ0) is 10.1. The predicted molar refractivity (Wildman–Crippen MR) is 49.4 cm³/mol. The predicted octanol–water partition coefficient (Wildman–Crippen LogP) is 0.152. The largest absolute Gasteiger partial charge is 0.322 e. The van der Waals surface area contributed by atoms with E-state index in [1.165, 1.54) is 12.2 Å². The third-order valence-electron chi connectivity index (χ3n) is 2.36. The van der Waals surface area contributed by atoms with Crippen LogP contribution in [-0.4, -0.2) is 16.5 Å². The van der Waals surface area contributed by atoms with Gasteiger partial charge in [0, 0.05) is 12.2 Å². The van der Waals surface area contributed by atoms with E-state index in [0.29, 0.717) is 6.42 Å². The highest BCUT2D eigenvalue weighted by atomic mass is 16.6. The smallest absolute Gasteiger partial charge is 0.266 e. The summed E-state index contributed by atoms with van der Waals surface area (Å²) in [5, 5.41) is 10.4. The van der Waals surface area contributed by atoms with Crippen molar-refractivity contribution in [2.24, 2.45) is 11.5 Å². The fourth-order valence-electron chi connectivity index (χ4n) is 1.22. The molecule has 0 aromatic carbocycles. The molecule has 0 heterocycles. The first kappa shape index (κ1) is 9.88. The molecular formula is C8H13N3O2. The maximum Gasteiger partial charge on any atom is 0.266 e. The van der Waals surface area contributed by atoms with Crippen LogP contribution in [0.2, 0.25) is 0 Å². The topological polar surface area (TPSA) is 95.2 Å². The molecular weight excluding hydrogens is 170 g/mol. The van der Waals surface area contributed by atoms with Gasteiger partial charge in [0.15, 0.2) is 0 Å². The molecule has 0 aliphatic heterocycles. The Hall–Kier alpha value is -1.20. The van der Waals surface area contributed by atoms with E-state index in [0.717, 1.165) is 0 Å². The summed E-state index contributed by atoms with van der Waals surface area (Å²) >= 11 is 0. The molecule has 1 rings (SSSR count). The van der Waals surface area contributed by atoms with E-state index in [9.17, 15) is 10.1 Å². The van der Waals surface area contributed by atoms with Gasteiger partial charge in [-0.05, 0) is 6.42 Å². The van der Waals surface area contributed by atoms with Crippen LogP contribution in [0, 0.1) is 10.1 Å². The minimum atomic E-state index is -0.639. The quantitative estimate of drug-likeness (QED) is 0.470. The van der Waals surface area contributed by atoms with Crippen molar-refractivity contribution in [2.45, 2.75) is 24.9 Å². The van der Waals surface area contributed by atoms with Crippen molar-refractivity contribution in [3.8, 4) is 0 Å². The first-order chi connectivity index (χ1) is 5.99. The van der Waals surface area contributed by atoms with Crippen LogP contribution in [0.1, 0.15) is 13.3 Å². The molecule has 2 atom stereocenters. The van der Waals surface area contributed by atoms with Gasteiger partial charge < -0.3 is 11.5 Å². The molecule has 0 saturated carbocycles. The summed E-state index contributed by atoms with van der Waals surface area (Å²) in [6.07, 6.45) is 5.07.